The van der Waals surface area contributed by atoms with Crippen molar-refractivity contribution in [2.75, 3.05) is 92.5 Å². The van der Waals surface area contributed by atoms with Crippen molar-refractivity contribution >= 4 is 5.97 Å². The molecule has 0 saturated heterocycles. The van der Waals surface area contributed by atoms with E-state index < -0.39 is 5.41 Å². The third kappa shape index (κ3) is 24.9. The van der Waals surface area contributed by atoms with Crippen molar-refractivity contribution in [1.82, 2.24) is 0 Å². The van der Waals surface area contributed by atoms with Gasteiger partial charge in [0, 0.05) is 92.3 Å². The highest BCUT2D eigenvalue weighted by Crippen LogP contribution is 2.21. The lowest BCUT2D eigenvalue weighted by Gasteiger charge is -2.20. The van der Waals surface area contributed by atoms with Crippen LogP contribution in [0.1, 0.15) is 72.1 Å². The first-order valence-corrected chi connectivity index (χ1v) is 13.8. The molecule has 0 aromatic rings. The van der Waals surface area contributed by atoms with E-state index in [1.165, 1.54) is 0 Å². The van der Waals surface area contributed by atoms with Gasteiger partial charge in [-0.2, -0.15) is 0 Å². The molecular formula is C27H54O9. The van der Waals surface area contributed by atoms with Gasteiger partial charge in [-0.3, -0.25) is 4.79 Å². The fourth-order valence-electron chi connectivity index (χ4n) is 2.76. The van der Waals surface area contributed by atoms with Crippen LogP contribution < -0.4 is 0 Å². The maximum absolute atomic E-state index is 11.8. The molecule has 0 atom stereocenters. The van der Waals surface area contributed by atoms with Crippen LogP contribution >= 0.6 is 0 Å². The number of ether oxygens (including phenoxy) is 7. The highest BCUT2D eigenvalue weighted by Gasteiger charge is 2.26. The Morgan fingerprint density at radius 3 is 1.08 bits per heavy atom. The lowest BCUT2D eigenvalue weighted by molar-refractivity contribution is -0.154. The Kier molecular flexibility index (Phi) is 26.6. The number of carbonyl (C=O) groups excluding carboxylic acids is 1. The second kappa shape index (κ2) is 27.2. The van der Waals surface area contributed by atoms with Gasteiger partial charge in [-0.25, -0.2) is 0 Å². The van der Waals surface area contributed by atoms with E-state index in [2.05, 4.69) is 0 Å². The van der Waals surface area contributed by atoms with E-state index in [4.69, 9.17) is 38.3 Å². The van der Waals surface area contributed by atoms with E-state index >= 15 is 0 Å². The molecule has 0 aromatic carbocycles. The van der Waals surface area contributed by atoms with Crippen molar-refractivity contribution in [1.29, 1.82) is 0 Å². The van der Waals surface area contributed by atoms with E-state index in [1.54, 1.807) is 0 Å². The summed E-state index contributed by atoms with van der Waals surface area (Å²) in [6, 6.07) is 0. The predicted octanol–water partition coefficient (Wildman–Crippen LogP) is 3.79. The van der Waals surface area contributed by atoms with Crippen molar-refractivity contribution in [2.45, 2.75) is 72.1 Å². The highest BCUT2D eigenvalue weighted by molar-refractivity contribution is 5.75. The Balaban J connectivity index is 3.12. The number of hydrogen-bond acceptors (Lipinski definition) is 9. The average Bonchev–Trinajstić information content (AvgIpc) is 2.88. The molecule has 0 saturated carbocycles. The molecular weight excluding hydrogens is 468 g/mol. The van der Waals surface area contributed by atoms with E-state index in [-0.39, 0.29) is 12.6 Å². The van der Waals surface area contributed by atoms with Gasteiger partial charge in [0.1, 0.15) is 0 Å². The van der Waals surface area contributed by atoms with E-state index in [0.29, 0.717) is 98.7 Å². The molecule has 0 unspecified atom stereocenters. The Bertz CT molecular complexity index is 461. The first kappa shape index (κ1) is 35.2. The third-order valence-corrected chi connectivity index (χ3v) is 5.44. The Labute approximate surface area is 219 Å². The van der Waals surface area contributed by atoms with Gasteiger partial charge in [0.15, 0.2) is 0 Å². The van der Waals surface area contributed by atoms with Crippen molar-refractivity contribution in [3.8, 4) is 0 Å². The summed E-state index contributed by atoms with van der Waals surface area (Å²) in [5.41, 5.74) is -0.410. The second-order valence-corrected chi connectivity index (χ2v) is 9.25. The molecule has 0 radical (unpaired) electrons. The van der Waals surface area contributed by atoms with Crippen LogP contribution in [0, 0.1) is 5.41 Å². The summed E-state index contributed by atoms with van der Waals surface area (Å²) < 4.78 is 38.5. The molecule has 0 bridgehead atoms. The quantitative estimate of drug-likeness (QED) is 0.116. The van der Waals surface area contributed by atoms with Crippen LogP contribution in [0.3, 0.4) is 0 Å². The van der Waals surface area contributed by atoms with Crippen LogP contribution in [0.4, 0.5) is 0 Å². The molecule has 0 aliphatic rings. The molecule has 9 nitrogen and oxygen atoms in total. The monoisotopic (exact) mass is 522 g/mol. The fraction of sp³-hybridized carbons (Fsp3) is 0.963. The molecule has 216 valence electrons. The minimum absolute atomic E-state index is 0.141. The molecule has 0 heterocycles. The van der Waals surface area contributed by atoms with Crippen molar-refractivity contribution < 1.29 is 43.1 Å². The molecule has 0 amide bonds. The van der Waals surface area contributed by atoms with Gasteiger partial charge in [0.2, 0.25) is 0 Å². The number of aliphatic hydroxyl groups is 1. The van der Waals surface area contributed by atoms with E-state index in [0.717, 1.165) is 38.5 Å². The molecule has 36 heavy (non-hydrogen) atoms. The van der Waals surface area contributed by atoms with Crippen molar-refractivity contribution in [3.05, 3.63) is 0 Å². The van der Waals surface area contributed by atoms with Gasteiger partial charge >= 0.3 is 5.97 Å². The van der Waals surface area contributed by atoms with Crippen molar-refractivity contribution in [3.63, 3.8) is 0 Å². The largest absolute Gasteiger partial charge is 0.465 e. The molecule has 0 aliphatic carbocycles. The number of aliphatic hydroxyl groups excluding tert-OH is 1. The zero-order valence-corrected chi connectivity index (χ0v) is 23.3. The van der Waals surface area contributed by atoms with E-state index in [1.807, 2.05) is 20.8 Å². The Hall–Kier alpha value is -0.810. The highest BCUT2D eigenvalue weighted by atomic mass is 16.5. The van der Waals surface area contributed by atoms with Gasteiger partial charge in [-0.05, 0) is 58.8 Å². The molecule has 0 fully saturated rings. The summed E-state index contributed by atoms with van der Waals surface area (Å²) in [6.07, 6.45) is 6.57. The fourth-order valence-corrected chi connectivity index (χ4v) is 2.76. The summed E-state index contributed by atoms with van der Waals surface area (Å²) >= 11 is 0. The summed E-state index contributed by atoms with van der Waals surface area (Å²) in [7, 11) is 0. The Morgan fingerprint density at radius 1 is 0.528 bits per heavy atom. The first-order valence-electron chi connectivity index (χ1n) is 13.8. The standard InChI is InChI=1S/C27H54O9/c1-4-27(2,3)26(29)36-25-11-24-35-23-10-22-34-21-9-20-33-19-8-18-32-17-7-16-31-15-6-14-30-13-5-12-28/h28H,4-25H2,1-3H3. The lowest BCUT2D eigenvalue weighted by Crippen LogP contribution is -2.26. The van der Waals surface area contributed by atoms with Crippen LogP contribution in [0.5, 0.6) is 0 Å². The third-order valence-electron chi connectivity index (χ3n) is 5.44. The number of esters is 1. The second-order valence-electron chi connectivity index (χ2n) is 9.25. The molecule has 0 aliphatic heterocycles. The predicted molar refractivity (Wildman–Crippen MR) is 139 cm³/mol. The summed E-state index contributed by atoms with van der Waals surface area (Å²) in [4.78, 5) is 11.8. The summed E-state index contributed by atoms with van der Waals surface area (Å²) in [5.74, 6) is -0.141. The van der Waals surface area contributed by atoms with Crippen LogP contribution in [-0.4, -0.2) is 104 Å². The maximum atomic E-state index is 11.8. The zero-order valence-electron chi connectivity index (χ0n) is 23.3. The number of rotatable bonds is 29. The Morgan fingerprint density at radius 2 is 0.806 bits per heavy atom. The molecule has 0 rings (SSSR count). The smallest absolute Gasteiger partial charge is 0.311 e. The van der Waals surface area contributed by atoms with Crippen molar-refractivity contribution in [2.24, 2.45) is 5.41 Å². The van der Waals surface area contributed by atoms with Crippen LogP contribution in [0.2, 0.25) is 0 Å². The average molecular weight is 523 g/mol. The lowest BCUT2D eigenvalue weighted by atomic mass is 9.91. The van der Waals surface area contributed by atoms with E-state index in [9.17, 15) is 4.79 Å². The van der Waals surface area contributed by atoms with Gasteiger partial charge in [0.25, 0.3) is 0 Å². The van der Waals surface area contributed by atoms with Gasteiger partial charge in [-0.15, -0.1) is 0 Å². The van der Waals surface area contributed by atoms with Gasteiger partial charge in [-0.1, -0.05) is 6.92 Å². The minimum Gasteiger partial charge on any atom is -0.465 e. The minimum atomic E-state index is -0.410. The van der Waals surface area contributed by atoms with Gasteiger partial charge < -0.3 is 38.3 Å². The zero-order chi connectivity index (χ0) is 26.6. The summed E-state index contributed by atoms with van der Waals surface area (Å²) in [5, 5.41) is 8.64. The number of carbonyl (C=O) groups is 1. The van der Waals surface area contributed by atoms with Crippen LogP contribution in [-0.2, 0) is 38.0 Å². The summed E-state index contributed by atoms with van der Waals surface area (Å²) in [6.45, 7) is 14.5. The molecule has 9 heteroatoms. The van der Waals surface area contributed by atoms with Gasteiger partial charge in [0.05, 0.1) is 12.0 Å². The number of hydrogen-bond donors (Lipinski definition) is 1. The normalized spacial score (nSPS) is 11.8. The topological polar surface area (TPSA) is 102 Å². The molecule has 0 spiro atoms. The SMILES string of the molecule is CCC(C)(C)C(=O)OCCCOCCCOCCCOCCCOCCCOCCCOCCCO. The first-order chi connectivity index (χ1) is 17.5. The molecule has 1 N–H and O–H groups in total. The maximum Gasteiger partial charge on any atom is 0.311 e. The van der Waals surface area contributed by atoms with Crippen LogP contribution in [0.15, 0.2) is 0 Å². The molecule has 0 aromatic heterocycles. The van der Waals surface area contributed by atoms with Crippen LogP contribution in [0.25, 0.3) is 0 Å².